The number of aryl methyl sites for hydroxylation is 1. The highest BCUT2D eigenvalue weighted by atomic mass is 16.5. The Labute approximate surface area is 117 Å². The van der Waals surface area contributed by atoms with Gasteiger partial charge in [0.05, 0.1) is 12.2 Å². The molecule has 0 saturated carbocycles. The van der Waals surface area contributed by atoms with Gasteiger partial charge in [0.25, 0.3) is 5.91 Å². The summed E-state index contributed by atoms with van der Waals surface area (Å²) in [4.78, 5) is 15.0. The number of rotatable bonds is 6. The number of nitrogens with two attached hydrogens (primary N) is 1. The number of nitrogens with one attached hydrogen (secondary N) is 1. The lowest BCUT2D eigenvalue weighted by Crippen LogP contribution is -2.20. The first-order valence-electron chi connectivity index (χ1n) is 6.30. The van der Waals surface area contributed by atoms with Gasteiger partial charge in [0.1, 0.15) is 5.75 Å². The molecule has 0 bridgehead atoms. The summed E-state index contributed by atoms with van der Waals surface area (Å²) >= 11 is 0. The first-order chi connectivity index (χ1) is 9.63. The van der Waals surface area contributed by atoms with Crippen LogP contribution in [0.15, 0.2) is 42.6 Å². The second kappa shape index (κ2) is 6.56. The molecule has 0 aliphatic carbocycles. The lowest BCUT2D eigenvalue weighted by molar-refractivity contribution is -0.119. The van der Waals surface area contributed by atoms with Crippen LogP contribution in [-0.4, -0.2) is 17.5 Å². The number of carbonyl (C=O) groups excluding carboxylic acids is 1. The van der Waals surface area contributed by atoms with Crippen LogP contribution in [0.5, 0.6) is 5.75 Å². The van der Waals surface area contributed by atoms with Crippen LogP contribution >= 0.6 is 0 Å². The minimum Gasteiger partial charge on any atom is -0.484 e. The van der Waals surface area contributed by atoms with E-state index >= 15 is 0 Å². The van der Waals surface area contributed by atoms with Gasteiger partial charge in [-0.1, -0.05) is 12.1 Å². The predicted octanol–water partition coefficient (Wildman–Crippen LogP) is 1.87. The number of hydrogen-bond acceptors (Lipinski definition) is 4. The molecule has 5 heteroatoms. The Morgan fingerprint density at radius 2 is 2.20 bits per heavy atom. The first kappa shape index (κ1) is 13.9. The van der Waals surface area contributed by atoms with E-state index in [1.807, 2.05) is 43.5 Å². The molecular weight excluding hydrogens is 254 g/mol. The van der Waals surface area contributed by atoms with Gasteiger partial charge >= 0.3 is 0 Å². The molecular formula is C15H17N3O2. The van der Waals surface area contributed by atoms with E-state index in [0.29, 0.717) is 12.3 Å². The number of benzene rings is 1. The lowest BCUT2D eigenvalue weighted by Gasteiger charge is -2.09. The van der Waals surface area contributed by atoms with E-state index in [2.05, 4.69) is 10.3 Å². The average molecular weight is 271 g/mol. The van der Waals surface area contributed by atoms with E-state index in [0.717, 1.165) is 16.9 Å². The van der Waals surface area contributed by atoms with Crippen molar-refractivity contribution in [3.8, 4) is 5.75 Å². The molecule has 0 spiro atoms. The van der Waals surface area contributed by atoms with Gasteiger partial charge in [-0.25, -0.2) is 0 Å². The van der Waals surface area contributed by atoms with Crippen LogP contribution in [0.25, 0.3) is 0 Å². The third-order valence-corrected chi connectivity index (χ3v) is 2.66. The molecule has 0 fully saturated rings. The van der Waals surface area contributed by atoms with E-state index in [4.69, 9.17) is 10.5 Å². The Balaban J connectivity index is 1.94. The molecule has 0 aliphatic heterocycles. The number of hydrogen-bond donors (Lipinski definition) is 2. The molecule has 0 radical (unpaired) electrons. The van der Waals surface area contributed by atoms with Crippen LogP contribution in [0.1, 0.15) is 11.3 Å². The van der Waals surface area contributed by atoms with E-state index < -0.39 is 5.91 Å². The molecule has 1 amide bonds. The second-order valence-electron chi connectivity index (χ2n) is 4.46. The molecule has 1 aromatic heterocycles. The van der Waals surface area contributed by atoms with Gasteiger partial charge in [0.2, 0.25) is 0 Å². The minimum absolute atomic E-state index is 0.122. The fourth-order valence-corrected chi connectivity index (χ4v) is 1.65. The number of nitrogens with zero attached hydrogens (tertiary/aromatic N) is 1. The topological polar surface area (TPSA) is 77.2 Å². The molecule has 0 saturated heterocycles. The summed E-state index contributed by atoms with van der Waals surface area (Å²) in [6.07, 6.45) is 1.84. The number of ether oxygens (including phenoxy) is 1. The summed E-state index contributed by atoms with van der Waals surface area (Å²) in [6, 6.07) is 11.4. The maximum atomic E-state index is 10.7. The van der Waals surface area contributed by atoms with Gasteiger partial charge in [-0.3, -0.25) is 9.78 Å². The van der Waals surface area contributed by atoms with Crippen molar-refractivity contribution in [2.75, 3.05) is 11.9 Å². The van der Waals surface area contributed by atoms with Crippen molar-refractivity contribution in [1.29, 1.82) is 0 Å². The minimum atomic E-state index is -0.493. The molecule has 0 unspecified atom stereocenters. The first-order valence-corrected chi connectivity index (χ1v) is 6.30. The summed E-state index contributed by atoms with van der Waals surface area (Å²) in [5.41, 5.74) is 8.03. The fourth-order valence-electron chi connectivity index (χ4n) is 1.65. The third kappa shape index (κ3) is 4.28. The normalized spacial score (nSPS) is 10.1. The predicted molar refractivity (Wildman–Crippen MR) is 77.4 cm³/mol. The van der Waals surface area contributed by atoms with E-state index in [1.165, 1.54) is 0 Å². The smallest absolute Gasteiger partial charge is 0.255 e. The Kier molecular flexibility index (Phi) is 4.55. The van der Waals surface area contributed by atoms with Gasteiger partial charge in [0.15, 0.2) is 6.61 Å². The highest BCUT2D eigenvalue weighted by molar-refractivity contribution is 5.75. The van der Waals surface area contributed by atoms with Crippen LogP contribution in [0.3, 0.4) is 0 Å². The number of primary amides is 1. The number of anilines is 1. The van der Waals surface area contributed by atoms with Gasteiger partial charge in [-0.2, -0.15) is 0 Å². The Hall–Kier alpha value is -2.56. The molecule has 3 N–H and O–H groups in total. The zero-order valence-corrected chi connectivity index (χ0v) is 11.3. The maximum Gasteiger partial charge on any atom is 0.255 e. The van der Waals surface area contributed by atoms with Crippen molar-refractivity contribution in [3.63, 3.8) is 0 Å². The molecule has 0 atom stereocenters. The largest absolute Gasteiger partial charge is 0.484 e. The van der Waals surface area contributed by atoms with Crippen LogP contribution < -0.4 is 15.8 Å². The monoisotopic (exact) mass is 271 g/mol. The molecule has 0 aliphatic rings. The number of carbonyl (C=O) groups is 1. The summed E-state index contributed by atoms with van der Waals surface area (Å²) in [6.45, 7) is 2.51. The maximum absolute atomic E-state index is 10.7. The lowest BCUT2D eigenvalue weighted by atomic mass is 10.2. The van der Waals surface area contributed by atoms with Crippen molar-refractivity contribution >= 4 is 11.6 Å². The average Bonchev–Trinajstić information content (AvgIpc) is 2.45. The van der Waals surface area contributed by atoms with E-state index in [-0.39, 0.29) is 6.61 Å². The zero-order valence-electron chi connectivity index (χ0n) is 11.3. The molecule has 1 heterocycles. The standard InChI is InChI=1S/C15H17N3O2/c1-11-5-6-13(17-8-11)9-18-12-3-2-4-14(7-12)20-10-15(16)19/h2-8,18H,9-10H2,1H3,(H2,16,19). The zero-order chi connectivity index (χ0) is 14.4. The summed E-state index contributed by atoms with van der Waals surface area (Å²) in [7, 11) is 0. The van der Waals surface area contributed by atoms with Gasteiger partial charge in [-0.05, 0) is 30.7 Å². The van der Waals surface area contributed by atoms with Gasteiger partial charge in [-0.15, -0.1) is 0 Å². The van der Waals surface area contributed by atoms with E-state index in [9.17, 15) is 4.79 Å². The van der Waals surface area contributed by atoms with E-state index in [1.54, 1.807) is 6.07 Å². The van der Waals surface area contributed by atoms with Crippen LogP contribution in [-0.2, 0) is 11.3 Å². The highest BCUT2D eigenvalue weighted by Crippen LogP contribution is 2.17. The second-order valence-corrected chi connectivity index (χ2v) is 4.46. The van der Waals surface area contributed by atoms with Gasteiger partial charge < -0.3 is 15.8 Å². The number of aromatic nitrogens is 1. The van der Waals surface area contributed by atoms with Crippen molar-refractivity contribution in [1.82, 2.24) is 4.98 Å². The van der Waals surface area contributed by atoms with Crippen molar-refractivity contribution in [2.45, 2.75) is 13.5 Å². The molecule has 5 nitrogen and oxygen atoms in total. The SMILES string of the molecule is Cc1ccc(CNc2cccc(OCC(N)=O)c2)nc1. The summed E-state index contributed by atoms with van der Waals surface area (Å²) in [5.74, 6) is 0.109. The summed E-state index contributed by atoms with van der Waals surface area (Å²) in [5, 5.41) is 3.25. The van der Waals surface area contributed by atoms with Crippen molar-refractivity contribution < 1.29 is 9.53 Å². The molecule has 2 aromatic rings. The molecule has 104 valence electrons. The van der Waals surface area contributed by atoms with Crippen molar-refractivity contribution in [2.24, 2.45) is 5.73 Å². The molecule has 2 rings (SSSR count). The van der Waals surface area contributed by atoms with Crippen LogP contribution in [0, 0.1) is 6.92 Å². The number of pyridine rings is 1. The van der Waals surface area contributed by atoms with Crippen LogP contribution in [0.4, 0.5) is 5.69 Å². The quantitative estimate of drug-likeness (QED) is 0.840. The summed E-state index contributed by atoms with van der Waals surface area (Å²) < 4.78 is 5.25. The van der Waals surface area contributed by atoms with Gasteiger partial charge in [0, 0.05) is 18.0 Å². The van der Waals surface area contributed by atoms with Crippen molar-refractivity contribution in [3.05, 3.63) is 53.9 Å². The molecule has 1 aromatic carbocycles. The Morgan fingerprint density at radius 1 is 1.35 bits per heavy atom. The van der Waals surface area contributed by atoms with Crippen LogP contribution in [0.2, 0.25) is 0 Å². The highest BCUT2D eigenvalue weighted by Gasteiger charge is 2.00. The Morgan fingerprint density at radius 3 is 2.90 bits per heavy atom. The fraction of sp³-hybridized carbons (Fsp3) is 0.200. The molecule has 20 heavy (non-hydrogen) atoms. The Bertz CT molecular complexity index is 582. The number of amides is 1. The third-order valence-electron chi connectivity index (χ3n) is 2.66.